The van der Waals surface area contributed by atoms with Crippen LogP contribution in [0.5, 0.6) is 5.75 Å². The molecule has 1 N–H and O–H groups in total. The summed E-state index contributed by atoms with van der Waals surface area (Å²) in [6, 6.07) is 12.1. The van der Waals surface area contributed by atoms with Crippen LogP contribution in [0.15, 0.2) is 53.0 Å². The molecule has 2 atom stereocenters. The number of amides is 1. The van der Waals surface area contributed by atoms with Gasteiger partial charge in [0.1, 0.15) is 16.6 Å². The highest BCUT2D eigenvalue weighted by Crippen LogP contribution is 2.46. The molecular weight excluding hydrogens is 575 g/mol. The molecule has 196 valence electrons. The molecule has 5 rings (SSSR count). The van der Waals surface area contributed by atoms with Crippen LogP contribution in [-0.4, -0.2) is 60.1 Å². The minimum atomic E-state index is -4.57. The largest absolute Gasteiger partial charge is 0.495 e. The molecule has 3 heterocycles. The van der Waals surface area contributed by atoms with Crippen molar-refractivity contribution in [2.24, 2.45) is 0 Å². The Kier molecular flexibility index (Phi) is 7.01. The van der Waals surface area contributed by atoms with Gasteiger partial charge in [-0.15, -0.1) is 0 Å². The highest BCUT2D eigenvalue weighted by atomic mass is 79.9. The molecule has 12 heteroatoms. The van der Waals surface area contributed by atoms with Crippen molar-refractivity contribution < 1.29 is 22.7 Å². The van der Waals surface area contributed by atoms with Crippen molar-refractivity contribution in [2.75, 3.05) is 43.5 Å². The number of halogens is 5. The fourth-order valence-electron chi connectivity index (χ4n) is 4.83. The summed E-state index contributed by atoms with van der Waals surface area (Å²) in [4.78, 5) is 17.0. The van der Waals surface area contributed by atoms with Crippen LogP contribution in [0.3, 0.4) is 0 Å². The van der Waals surface area contributed by atoms with E-state index in [1.807, 2.05) is 24.3 Å². The van der Waals surface area contributed by atoms with Gasteiger partial charge in [0.05, 0.1) is 18.8 Å². The van der Waals surface area contributed by atoms with Gasteiger partial charge >= 0.3 is 6.18 Å². The number of methoxy groups -OCH3 is 1. The van der Waals surface area contributed by atoms with Crippen molar-refractivity contribution in [3.8, 4) is 5.75 Å². The number of hydrogen-bond acceptors (Lipinski definition) is 5. The third-order valence-electron chi connectivity index (χ3n) is 6.76. The van der Waals surface area contributed by atoms with Gasteiger partial charge in [-0.3, -0.25) is 4.79 Å². The van der Waals surface area contributed by atoms with Gasteiger partial charge in [-0.2, -0.15) is 18.3 Å². The summed E-state index contributed by atoms with van der Waals surface area (Å²) >= 11 is 9.86. The Morgan fingerprint density at radius 1 is 1.11 bits per heavy atom. The van der Waals surface area contributed by atoms with E-state index in [9.17, 15) is 18.0 Å². The summed E-state index contributed by atoms with van der Waals surface area (Å²) in [6.07, 6.45) is -4.85. The van der Waals surface area contributed by atoms with Crippen LogP contribution in [0.25, 0.3) is 0 Å². The molecule has 0 radical (unpaired) electrons. The molecule has 2 aliphatic heterocycles. The first-order valence-electron chi connectivity index (χ1n) is 11.7. The summed E-state index contributed by atoms with van der Waals surface area (Å²) < 4.78 is 49.3. The predicted molar refractivity (Wildman–Crippen MR) is 139 cm³/mol. The normalized spacial score (nSPS) is 19.8. The third-order valence-corrected chi connectivity index (χ3v) is 7.65. The molecule has 1 fully saturated rings. The van der Waals surface area contributed by atoms with Gasteiger partial charge in [0.15, 0.2) is 11.7 Å². The number of nitrogens with zero attached hydrogens (tertiary/aromatic N) is 4. The van der Waals surface area contributed by atoms with E-state index < -0.39 is 24.2 Å². The molecule has 2 aliphatic rings. The summed E-state index contributed by atoms with van der Waals surface area (Å²) in [5.41, 5.74) is 1.42. The van der Waals surface area contributed by atoms with E-state index in [4.69, 9.17) is 16.3 Å². The molecule has 1 aromatic heterocycles. The van der Waals surface area contributed by atoms with Crippen molar-refractivity contribution in [1.82, 2.24) is 14.7 Å². The van der Waals surface area contributed by atoms with Gasteiger partial charge in [-0.1, -0.05) is 51.8 Å². The van der Waals surface area contributed by atoms with E-state index in [0.717, 1.165) is 20.6 Å². The van der Waals surface area contributed by atoms with Crippen molar-refractivity contribution >= 4 is 44.9 Å². The number of alkyl halides is 3. The van der Waals surface area contributed by atoms with Gasteiger partial charge in [0.2, 0.25) is 0 Å². The smallest absolute Gasteiger partial charge is 0.410 e. The standard InChI is InChI=1S/C25H24BrClF3N5O2/c1-37-19-5-3-2-4-18(19)33-10-12-34(13-11-33)24(36)22-21(27)23-31-17(15-6-8-16(26)9-7-15)14-20(25(28,29)30)35(23)32-22/h2-9,17,20,31H,10-14H2,1H3/t17-,20+/m1/s1. The molecule has 2 aromatic carbocycles. The number of carbonyl (C=O) groups is 1. The lowest BCUT2D eigenvalue weighted by molar-refractivity contribution is -0.173. The van der Waals surface area contributed by atoms with Crippen molar-refractivity contribution in [1.29, 1.82) is 0 Å². The van der Waals surface area contributed by atoms with Gasteiger partial charge < -0.3 is 19.9 Å². The molecule has 0 saturated carbocycles. The van der Waals surface area contributed by atoms with Gasteiger partial charge in [-0.05, 0) is 29.8 Å². The monoisotopic (exact) mass is 597 g/mol. The zero-order valence-corrected chi connectivity index (χ0v) is 22.1. The summed E-state index contributed by atoms with van der Waals surface area (Å²) in [7, 11) is 1.60. The number of nitrogens with one attached hydrogen (secondary N) is 1. The van der Waals surface area contributed by atoms with Crippen LogP contribution < -0.4 is 15.0 Å². The Balaban J connectivity index is 1.38. The summed E-state index contributed by atoms with van der Waals surface area (Å²) in [5, 5.41) is 7.07. The number of piperazine rings is 1. The van der Waals surface area contributed by atoms with Crippen LogP contribution in [0.1, 0.15) is 34.6 Å². The number of para-hydroxylation sites is 2. The average molecular weight is 599 g/mol. The zero-order valence-electron chi connectivity index (χ0n) is 19.8. The highest BCUT2D eigenvalue weighted by Gasteiger charge is 2.48. The van der Waals surface area contributed by atoms with Crippen molar-refractivity contribution in [3.05, 3.63) is 69.3 Å². The fraction of sp³-hybridized carbons (Fsp3) is 0.360. The quantitative estimate of drug-likeness (QED) is 0.404. The number of rotatable bonds is 4. The molecule has 0 bridgehead atoms. The number of benzene rings is 2. The third kappa shape index (κ3) is 4.98. The van der Waals surface area contributed by atoms with Crippen LogP contribution in [-0.2, 0) is 0 Å². The first kappa shape index (κ1) is 25.7. The maximum Gasteiger partial charge on any atom is 0.410 e. The molecular formula is C25H24BrClF3N5O2. The first-order valence-corrected chi connectivity index (χ1v) is 12.9. The molecule has 1 saturated heterocycles. The van der Waals surface area contributed by atoms with E-state index in [1.54, 1.807) is 36.3 Å². The first-order chi connectivity index (χ1) is 17.7. The molecule has 0 aliphatic carbocycles. The summed E-state index contributed by atoms with van der Waals surface area (Å²) in [6.45, 7) is 1.80. The van der Waals surface area contributed by atoms with Crippen molar-refractivity contribution in [3.63, 3.8) is 0 Å². The molecule has 0 unspecified atom stereocenters. The Hall–Kier alpha value is -2.92. The maximum absolute atomic E-state index is 14.1. The number of aromatic nitrogens is 2. The topological polar surface area (TPSA) is 62.6 Å². The SMILES string of the molecule is COc1ccccc1N1CCN(C(=O)c2nn3c(c2Cl)N[C@@H](c2ccc(Br)cc2)C[C@H]3C(F)(F)F)CC1. The zero-order chi connectivity index (χ0) is 26.3. The number of hydrogen-bond donors (Lipinski definition) is 1. The Morgan fingerprint density at radius 3 is 2.43 bits per heavy atom. The Morgan fingerprint density at radius 2 is 1.78 bits per heavy atom. The molecule has 37 heavy (non-hydrogen) atoms. The molecule has 1 amide bonds. The maximum atomic E-state index is 14.1. The van der Waals surface area contributed by atoms with E-state index in [0.29, 0.717) is 31.7 Å². The summed E-state index contributed by atoms with van der Waals surface area (Å²) in [5.74, 6) is 0.241. The van der Waals surface area contributed by atoms with Gasteiger partial charge in [0.25, 0.3) is 5.91 Å². The van der Waals surface area contributed by atoms with E-state index >= 15 is 0 Å². The van der Waals surface area contributed by atoms with Gasteiger partial charge in [0, 0.05) is 37.1 Å². The van der Waals surface area contributed by atoms with Crippen LogP contribution >= 0.6 is 27.5 Å². The second-order valence-electron chi connectivity index (χ2n) is 8.95. The predicted octanol–water partition coefficient (Wildman–Crippen LogP) is 5.93. The van der Waals surface area contributed by atoms with Crippen LogP contribution in [0.4, 0.5) is 24.7 Å². The lowest BCUT2D eigenvalue weighted by atomic mass is 9.97. The lowest BCUT2D eigenvalue weighted by Gasteiger charge is -2.36. The molecule has 3 aromatic rings. The van der Waals surface area contributed by atoms with Crippen LogP contribution in [0.2, 0.25) is 5.02 Å². The Labute approximate surface area is 225 Å². The van der Waals surface area contributed by atoms with E-state index in [-0.39, 0.29) is 23.0 Å². The highest BCUT2D eigenvalue weighted by molar-refractivity contribution is 9.10. The lowest BCUT2D eigenvalue weighted by Crippen LogP contribution is -2.49. The number of carbonyl (C=O) groups excluding carboxylic acids is 1. The number of fused-ring (bicyclic) bond motifs is 1. The Bertz CT molecular complexity index is 1290. The van der Waals surface area contributed by atoms with Gasteiger partial charge in [-0.25, -0.2) is 4.68 Å². The van der Waals surface area contributed by atoms with E-state index in [2.05, 4.69) is 31.2 Å². The second kappa shape index (κ2) is 10.1. The molecule has 7 nitrogen and oxygen atoms in total. The minimum absolute atomic E-state index is 0.000770. The van der Waals surface area contributed by atoms with E-state index in [1.165, 1.54) is 0 Å². The minimum Gasteiger partial charge on any atom is -0.495 e. The number of anilines is 2. The number of ether oxygens (including phenoxy) is 1. The average Bonchev–Trinajstić information content (AvgIpc) is 3.23. The van der Waals surface area contributed by atoms with Crippen LogP contribution in [0, 0.1) is 0 Å². The second-order valence-corrected chi connectivity index (χ2v) is 10.2. The molecule has 0 spiro atoms. The van der Waals surface area contributed by atoms with Crippen molar-refractivity contribution in [2.45, 2.75) is 24.7 Å². The fourth-order valence-corrected chi connectivity index (χ4v) is 5.36.